The highest BCUT2D eigenvalue weighted by Crippen LogP contribution is 2.21. The summed E-state index contributed by atoms with van der Waals surface area (Å²) in [4.78, 5) is 29.3. The van der Waals surface area contributed by atoms with Crippen LogP contribution in [0.3, 0.4) is 0 Å². The van der Waals surface area contributed by atoms with Crippen LogP contribution in [0.5, 0.6) is 0 Å². The normalized spacial score (nSPS) is 11.9. The lowest BCUT2D eigenvalue weighted by Crippen LogP contribution is -2.12. The predicted molar refractivity (Wildman–Crippen MR) is 91.4 cm³/mol. The van der Waals surface area contributed by atoms with Crippen molar-refractivity contribution in [2.24, 2.45) is 0 Å². The summed E-state index contributed by atoms with van der Waals surface area (Å²) in [6, 6.07) is 11.2. The van der Waals surface area contributed by atoms with E-state index < -0.39 is 0 Å². The van der Waals surface area contributed by atoms with Crippen molar-refractivity contribution in [3.05, 3.63) is 81.1 Å². The lowest BCUT2D eigenvalue weighted by atomic mass is 10.2. The van der Waals surface area contributed by atoms with Crippen molar-refractivity contribution in [1.82, 2.24) is 18.4 Å². The second-order valence-electron chi connectivity index (χ2n) is 5.84. The van der Waals surface area contributed by atoms with E-state index >= 15 is 0 Å². The van der Waals surface area contributed by atoms with E-state index in [1.807, 2.05) is 47.3 Å². The van der Waals surface area contributed by atoms with Crippen molar-refractivity contribution < 1.29 is 0 Å². The summed E-state index contributed by atoms with van der Waals surface area (Å²) in [7, 11) is 0. The summed E-state index contributed by atoms with van der Waals surface area (Å²) >= 11 is 0. The summed E-state index contributed by atoms with van der Waals surface area (Å²) in [5.41, 5.74) is 2.91. The van der Waals surface area contributed by atoms with Crippen LogP contribution in [0.4, 0.5) is 0 Å². The molecule has 0 aliphatic rings. The van der Waals surface area contributed by atoms with Gasteiger partial charge in [-0.3, -0.25) is 14.0 Å². The molecule has 5 rings (SSSR count). The van der Waals surface area contributed by atoms with Crippen molar-refractivity contribution in [2.45, 2.75) is 6.92 Å². The minimum absolute atomic E-state index is 0.141. The van der Waals surface area contributed by atoms with Crippen molar-refractivity contribution in [3.63, 3.8) is 0 Å². The molecule has 0 N–H and O–H groups in total. The maximum atomic E-state index is 12.9. The molecule has 4 heterocycles. The second kappa shape index (κ2) is 4.32. The molecule has 1 aromatic carbocycles. The highest BCUT2D eigenvalue weighted by molar-refractivity contribution is 5.83. The first-order valence-corrected chi connectivity index (χ1v) is 7.58. The van der Waals surface area contributed by atoms with Crippen LogP contribution in [0.25, 0.3) is 28.0 Å². The van der Waals surface area contributed by atoms with Crippen molar-refractivity contribution in [2.75, 3.05) is 0 Å². The lowest BCUT2D eigenvalue weighted by Gasteiger charge is -2.02. The van der Waals surface area contributed by atoms with E-state index in [9.17, 15) is 9.59 Å². The minimum Gasteiger partial charge on any atom is -0.324 e. The fourth-order valence-electron chi connectivity index (χ4n) is 3.26. The average molecular weight is 316 g/mol. The summed E-state index contributed by atoms with van der Waals surface area (Å²) in [5, 5.41) is 0. The molecule has 0 amide bonds. The Morgan fingerprint density at radius 1 is 1.00 bits per heavy atom. The molecular formula is C18H12N4O2. The van der Waals surface area contributed by atoms with Gasteiger partial charge in [0.2, 0.25) is 5.78 Å². The molecule has 0 aliphatic carbocycles. The quantitative estimate of drug-likeness (QED) is 0.475. The summed E-state index contributed by atoms with van der Waals surface area (Å²) in [5.74, 6) is 0.526. The molecule has 0 unspecified atom stereocenters. The van der Waals surface area contributed by atoms with Crippen molar-refractivity contribution in [3.8, 4) is 5.69 Å². The van der Waals surface area contributed by atoms with Gasteiger partial charge < -0.3 is 4.57 Å². The molecule has 0 fully saturated rings. The van der Waals surface area contributed by atoms with Crippen LogP contribution in [-0.4, -0.2) is 18.4 Å². The number of fused-ring (bicyclic) bond motifs is 5. The number of rotatable bonds is 1. The van der Waals surface area contributed by atoms with Gasteiger partial charge >= 0.3 is 0 Å². The van der Waals surface area contributed by atoms with E-state index in [1.165, 1.54) is 6.07 Å². The van der Waals surface area contributed by atoms with Crippen LogP contribution in [0.1, 0.15) is 5.56 Å². The summed E-state index contributed by atoms with van der Waals surface area (Å²) in [6.07, 6.45) is 5.50. The number of hydrogen-bond donors (Lipinski definition) is 0. The Hall–Kier alpha value is -3.41. The molecular weight excluding hydrogens is 304 g/mol. The smallest absolute Gasteiger partial charge is 0.282 e. The largest absolute Gasteiger partial charge is 0.324 e. The van der Waals surface area contributed by atoms with Crippen LogP contribution in [0.15, 0.2) is 64.6 Å². The van der Waals surface area contributed by atoms with E-state index in [0.717, 1.165) is 16.7 Å². The number of hydrogen-bond acceptors (Lipinski definition) is 3. The van der Waals surface area contributed by atoms with Gasteiger partial charge in [0, 0.05) is 35.9 Å². The van der Waals surface area contributed by atoms with E-state index in [0.29, 0.717) is 16.9 Å². The first-order valence-electron chi connectivity index (χ1n) is 7.58. The Bertz CT molecular complexity index is 1340. The van der Waals surface area contributed by atoms with Crippen LogP contribution in [0.2, 0.25) is 0 Å². The van der Waals surface area contributed by atoms with Gasteiger partial charge in [-0.1, -0.05) is 0 Å². The Labute approximate surface area is 135 Å². The maximum Gasteiger partial charge on any atom is 0.282 e. The molecule has 6 nitrogen and oxygen atoms in total. The molecule has 4 aromatic heterocycles. The van der Waals surface area contributed by atoms with Crippen molar-refractivity contribution >= 4 is 22.3 Å². The summed E-state index contributed by atoms with van der Waals surface area (Å²) in [6.45, 7) is 1.67. The summed E-state index contributed by atoms with van der Waals surface area (Å²) < 4.78 is 5.23. The van der Waals surface area contributed by atoms with E-state index in [4.69, 9.17) is 0 Å². The van der Waals surface area contributed by atoms with Crippen molar-refractivity contribution in [1.29, 1.82) is 0 Å². The van der Waals surface area contributed by atoms with Gasteiger partial charge in [-0.05, 0) is 37.3 Å². The number of pyridine rings is 1. The van der Waals surface area contributed by atoms with Crippen LogP contribution in [0, 0.1) is 6.92 Å². The van der Waals surface area contributed by atoms with Gasteiger partial charge in [-0.25, -0.2) is 9.38 Å². The average Bonchev–Trinajstić information content (AvgIpc) is 3.27. The van der Waals surface area contributed by atoms with E-state index in [-0.39, 0.29) is 11.0 Å². The number of nitrogens with zero attached hydrogens (tertiary/aromatic N) is 4. The van der Waals surface area contributed by atoms with Gasteiger partial charge in [0.1, 0.15) is 5.52 Å². The van der Waals surface area contributed by atoms with E-state index in [1.54, 1.807) is 21.9 Å². The van der Waals surface area contributed by atoms with Gasteiger partial charge in [0.25, 0.3) is 5.56 Å². The Morgan fingerprint density at radius 3 is 2.58 bits per heavy atom. The fourth-order valence-corrected chi connectivity index (χ4v) is 3.26. The first kappa shape index (κ1) is 13.1. The monoisotopic (exact) mass is 316 g/mol. The number of aromatic nitrogens is 4. The van der Waals surface area contributed by atoms with E-state index in [2.05, 4.69) is 4.98 Å². The zero-order valence-corrected chi connectivity index (χ0v) is 12.8. The molecule has 116 valence electrons. The number of benzene rings is 1. The molecule has 6 heteroatoms. The Kier molecular flexibility index (Phi) is 2.35. The predicted octanol–water partition coefficient (Wildman–Crippen LogP) is 2.00. The molecule has 24 heavy (non-hydrogen) atoms. The second-order valence-corrected chi connectivity index (χ2v) is 5.84. The molecule has 0 spiro atoms. The zero-order valence-electron chi connectivity index (χ0n) is 12.8. The fraction of sp³-hybridized carbons (Fsp3) is 0.0556. The van der Waals surface area contributed by atoms with Gasteiger partial charge in [-0.15, -0.1) is 0 Å². The minimum atomic E-state index is -0.215. The van der Waals surface area contributed by atoms with Gasteiger partial charge in [0.05, 0.1) is 11.0 Å². The molecule has 0 saturated heterocycles. The zero-order chi connectivity index (χ0) is 16.4. The SMILES string of the molecule is Cc1c(=O)ccn2c1c(=O)n1c3cc(-n4cccc4)ccc3nc21. The third kappa shape index (κ3) is 1.52. The van der Waals surface area contributed by atoms with Crippen LogP contribution in [-0.2, 0) is 0 Å². The Balaban J connectivity index is 1.98. The first-order chi connectivity index (χ1) is 11.6. The molecule has 0 aliphatic heterocycles. The Morgan fingerprint density at radius 2 is 1.79 bits per heavy atom. The van der Waals surface area contributed by atoms with Crippen LogP contribution >= 0.6 is 0 Å². The number of aryl methyl sites for hydroxylation is 1. The molecule has 0 atom stereocenters. The number of imidazole rings is 2. The topological polar surface area (TPSA) is 60.8 Å². The van der Waals surface area contributed by atoms with Gasteiger partial charge in [-0.2, -0.15) is 0 Å². The molecule has 0 radical (unpaired) electrons. The molecule has 0 bridgehead atoms. The standard InChI is InChI=1S/C18H12N4O2/c1-11-15(23)6-9-21-16(11)17(24)22-14-10-12(20-7-2-3-8-20)4-5-13(14)19-18(21)22/h2-10H,1H3. The highest BCUT2D eigenvalue weighted by atomic mass is 16.1. The third-order valence-corrected chi connectivity index (χ3v) is 4.48. The third-order valence-electron chi connectivity index (χ3n) is 4.48. The lowest BCUT2D eigenvalue weighted by molar-refractivity contribution is 1.08. The molecule has 5 aromatic rings. The van der Waals surface area contributed by atoms with Crippen LogP contribution < -0.4 is 11.0 Å². The highest BCUT2D eigenvalue weighted by Gasteiger charge is 2.17. The molecule has 0 saturated carbocycles. The van der Waals surface area contributed by atoms with Gasteiger partial charge in [0.15, 0.2) is 5.43 Å². The maximum absolute atomic E-state index is 12.9.